The van der Waals surface area contributed by atoms with E-state index < -0.39 is 15.8 Å². The van der Waals surface area contributed by atoms with Crippen LogP contribution in [0.15, 0.2) is 53.4 Å². The van der Waals surface area contributed by atoms with Gasteiger partial charge in [0, 0.05) is 0 Å². The first kappa shape index (κ1) is 19.8. The number of hydrogen-bond donors (Lipinski definition) is 2. The number of piperazine rings is 1. The van der Waals surface area contributed by atoms with E-state index in [4.69, 9.17) is 11.6 Å². The van der Waals surface area contributed by atoms with Crippen LogP contribution in [-0.2, 0) is 14.8 Å². The van der Waals surface area contributed by atoms with E-state index in [-0.39, 0.29) is 30.4 Å². The van der Waals surface area contributed by atoms with E-state index >= 15 is 0 Å². The topological polar surface area (TPSA) is 70.9 Å². The number of nitrogens with one attached hydrogen (secondary N) is 2. The molecule has 0 radical (unpaired) electrons. The lowest BCUT2D eigenvalue weighted by Crippen LogP contribution is -3.15. The zero-order valence-corrected chi connectivity index (χ0v) is 16.1. The highest BCUT2D eigenvalue weighted by atomic mass is 35.5. The van der Waals surface area contributed by atoms with Gasteiger partial charge in [0.25, 0.3) is 5.91 Å². The van der Waals surface area contributed by atoms with Crippen molar-refractivity contribution in [3.63, 3.8) is 0 Å². The first-order chi connectivity index (χ1) is 12.9. The van der Waals surface area contributed by atoms with Gasteiger partial charge in [-0.25, -0.2) is 12.8 Å². The molecule has 144 valence electrons. The Morgan fingerprint density at radius 3 is 2.41 bits per heavy atom. The van der Waals surface area contributed by atoms with Crippen molar-refractivity contribution >= 4 is 33.2 Å². The molecule has 0 atom stereocenters. The van der Waals surface area contributed by atoms with Crippen LogP contribution in [0.3, 0.4) is 0 Å². The van der Waals surface area contributed by atoms with Gasteiger partial charge < -0.3 is 10.2 Å². The number of carbonyl (C=O) groups is 1. The van der Waals surface area contributed by atoms with Crippen LogP contribution >= 0.6 is 11.6 Å². The number of para-hydroxylation sites is 1. The average molecular weight is 413 g/mol. The summed E-state index contributed by atoms with van der Waals surface area (Å²) in [7, 11) is -3.87. The summed E-state index contributed by atoms with van der Waals surface area (Å²) in [6.45, 7) is 1.59. The molecule has 0 spiro atoms. The first-order valence-electron chi connectivity index (χ1n) is 8.50. The molecule has 1 aliphatic heterocycles. The molecular weight excluding hydrogens is 393 g/mol. The lowest BCUT2D eigenvalue weighted by Gasteiger charge is -2.31. The maximum absolute atomic E-state index is 13.9. The van der Waals surface area contributed by atoms with Gasteiger partial charge in [-0.1, -0.05) is 35.9 Å². The molecule has 9 heteroatoms. The molecule has 1 fully saturated rings. The number of rotatable bonds is 5. The molecular formula is C18H20ClFN3O3S+. The van der Waals surface area contributed by atoms with E-state index in [0.29, 0.717) is 23.8 Å². The van der Waals surface area contributed by atoms with Crippen molar-refractivity contribution in [3.8, 4) is 0 Å². The number of sulfonamides is 1. The van der Waals surface area contributed by atoms with Gasteiger partial charge in [-0.2, -0.15) is 4.31 Å². The molecule has 2 aromatic rings. The van der Waals surface area contributed by atoms with Crippen molar-refractivity contribution in [2.75, 3.05) is 38.0 Å². The molecule has 6 nitrogen and oxygen atoms in total. The lowest BCUT2D eigenvalue weighted by atomic mass is 10.3. The summed E-state index contributed by atoms with van der Waals surface area (Å²) in [5, 5.41) is 3.22. The standard InChI is InChI=1S/C18H19ClFN3O3S/c19-14-5-1-3-7-16(14)21-18(24)13-22-9-11-23(12-10-22)27(25,26)17-8-4-2-6-15(17)20/h1-8H,9-13H2,(H,21,24)/p+1. The maximum atomic E-state index is 13.9. The number of hydrogen-bond acceptors (Lipinski definition) is 3. The Hall–Kier alpha value is -2.00. The second kappa shape index (κ2) is 8.35. The number of nitrogens with zero attached hydrogens (tertiary/aromatic N) is 1. The number of carbonyl (C=O) groups excluding carboxylic acids is 1. The molecule has 3 rings (SSSR count). The van der Waals surface area contributed by atoms with Crippen molar-refractivity contribution in [2.24, 2.45) is 0 Å². The van der Waals surface area contributed by atoms with Gasteiger partial charge in [-0.05, 0) is 24.3 Å². The minimum Gasteiger partial charge on any atom is -0.325 e. The second-order valence-electron chi connectivity index (χ2n) is 6.29. The van der Waals surface area contributed by atoms with Crippen LogP contribution in [0.1, 0.15) is 0 Å². The Balaban J connectivity index is 1.57. The van der Waals surface area contributed by atoms with E-state index in [1.54, 1.807) is 24.3 Å². The van der Waals surface area contributed by atoms with E-state index in [9.17, 15) is 17.6 Å². The fourth-order valence-corrected chi connectivity index (χ4v) is 4.69. The third-order valence-corrected chi connectivity index (χ3v) is 6.70. The fraction of sp³-hybridized carbons (Fsp3) is 0.278. The van der Waals surface area contributed by atoms with Gasteiger partial charge in [0.2, 0.25) is 10.0 Å². The summed E-state index contributed by atoms with van der Waals surface area (Å²) in [5.41, 5.74) is 0.546. The summed E-state index contributed by atoms with van der Waals surface area (Å²) >= 11 is 6.03. The molecule has 0 unspecified atom stereocenters. The number of amides is 1. The van der Waals surface area contributed by atoms with E-state index in [0.717, 1.165) is 11.0 Å². The van der Waals surface area contributed by atoms with E-state index in [1.165, 1.54) is 22.5 Å². The largest absolute Gasteiger partial charge is 0.325 e. The molecule has 1 aliphatic rings. The molecule has 2 N–H and O–H groups in total. The molecule has 27 heavy (non-hydrogen) atoms. The number of anilines is 1. The van der Waals surface area contributed by atoms with Crippen molar-refractivity contribution in [1.29, 1.82) is 0 Å². The Labute approximate surface area is 162 Å². The fourth-order valence-electron chi connectivity index (χ4n) is 3.00. The summed E-state index contributed by atoms with van der Waals surface area (Å²) in [4.78, 5) is 12.8. The highest BCUT2D eigenvalue weighted by Crippen LogP contribution is 2.20. The second-order valence-corrected chi connectivity index (χ2v) is 8.60. The zero-order chi connectivity index (χ0) is 19.4. The van der Waals surface area contributed by atoms with Crippen LogP contribution < -0.4 is 10.2 Å². The van der Waals surface area contributed by atoms with Gasteiger partial charge in [-0.3, -0.25) is 4.79 Å². The minimum absolute atomic E-state index is 0.191. The third-order valence-electron chi connectivity index (χ3n) is 4.44. The summed E-state index contributed by atoms with van der Waals surface area (Å²) in [5.74, 6) is -0.949. The summed E-state index contributed by atoms with van der Waals surface area (Å²) in [6.07, 6.45) is 0. The monoisotopic (exact) mass is 412 g/mol. The summed E-state index contributed by atoms with van der Waals surface area (Å²) < 4.78 is 40.3. The van der Waals surface area contributed by atoms with Crippen molar-refractivity contribution in [3.05, 3.63) is 59.4 Å². The van der Waals surface area contributed by atoms with E-state index in [1.807, 2.05) is 0 Å². The normalized spacial score (nSPS) is 16.2. The highest BCUT2D eigenvalue weighted by molar-refractivity contribution is 7.89. The van der Waals surface area contributed by atoms with Crippen molar-refractivity contribution < 1.29 is 22.5 Å². The Kier molecular flexibility index (Phi) is 6.11. The Morgan fingerprint density at radius 1 is 1.11 bits per heavy atom. The van der Waals surface area contributed by atoms with Crippen LogP contribution in [0.5, 0.6) is 0 Å². The lowest BCUT2D eigenvalue weighted by molar-refractivity contribution is -0.895. The predicted octanol–water partition coefficient (Wildman–Crippen LogP) is 1.01. The van der Waals surface area contributed by atoms with Crippen molar-refractivity contribution in [1.82, 2.24) is 4.31 Å². The molecule has 1 amide bonds. The molecule has 0 aromatic heterocycles. The molecule has 0 saturated carbocycles. The third kappa shape index (κ3) is 4.65. The van der Waals surface area contributed by atoms with E-state index in [2.05, 4.69) is 5.32 Å². The number of benzene rings is 2. The molecule has 1 saturated heterocycles. The van der Waals surface area contributed by atoms with Crippen LogP contribution in [0, 0.1) is 5.82 Å². The predicted molar refractivity (Wildman–Crippen MR) is 101 cm³/mol. The SMILES string of the molecule is O=C(C[NH+]1CCN(S(=O)(=O)c2ccccc2F)CC1)Nc1ccccc1Cl. The molecule has 0 aliphatic carbocycles. The molecule has 0 bridgehead atoms. The minimum atomic E-state index is -3.87. The van der Waals surface area contributed by atoms with Gasteiger partial charge in [0.1, 0.15) is 10.7 Å². The zero-order valence-electron chi connectivity index (χ0n) is 14.5. The van der Waals surface area contributed by atoms with Crippen LogP contribution in [-0.4, -0.2) is 51.4 Å². The van der Waals surface area contributed by atoms with Gasteiger partial charge in [0.05, 0.1) is 36.9 Å². The van der Waals surface area contributed by atoms with Crippen molar-refractivity contribution in [2.45, 2.75) is 4.90 Å². The van der Waals surface area contributed by atoms with Gasteiger partial charge in [-0.15, -0.1) is 0 Å². The Bertz CT molecular complexity index is 931. The summed E-state index contributed by atoms with van der Waals surface area (Å²) in [6, 6.07) is 12.3. The van der Waals surface area contributed by atoms with Crippen LogP contribution in [0.4, 0.5) is 10.1 Å². The molecule has 1 heterocycles. The number of quaternary nitrogens is 1. The smallest absolute Gasteiger partial charge is 0.279 e. The first-order valence-corrected chi connectivity index (χ1v) is 10.3. The molecule has 2 aromatic carbocycles. The van der Waals surface area contributed by atoms with Gasteiger partial charge >= 0.3 is 0 Å². The highest BCUT2D eigenvalue weighted by Gasteiger charge is 2.32. The van der Waals surface area contributed by atoms with Crippen LogP contribution in [0.2, 0.25) is 5.02 Å². The van der Waals surface area contributed by atoms with Crippen LogP contribution in [0.25, 0.3) is 0 Å². The van der Waals surface area contributed by atoms with Gasteiger partial charge in [0.15, 0.2) is 6.54 Å². The maximum Gasteiger partial charge on any atom is 0.279 e. The number of halogens is 2. The Morgan fingerprint density at radius 2 is 1.74 bits per heavy atom. The quantitative estimate of drug-likeness (QED) is 0.770. The average Bonchev–Trinajstić information content (AvgIpc) is 2.64.